The summed E-state index contributed by atoms with van der Waals surface area (Å²) < 4.78 is 11.0. The zero-order chi connectivity index (χ0) is 22.1. The molecule has 2 aromatic carbocycles. The summed E-state index contributed by atoms with van der Waals surface area (Å²) in [4.78, 5) is 18.2. The lowest BCUT2D eigenvalue weighted by Gasteiger charge is -2.05. The van der Waals surface area contributed by atoms with Crippen LogP contribution in [-0.4, -0.2) is 38.4 Å². The van der Waals surface area contributed by atoms with Crippen molar-refractivity contribution in [2.45, 2.75) is 0 Å². The van der Waals surface area contributed by atoms with E-state index in [9.17, 15) is 10.1 Å². The van der Waals surface area contributed by atoms with Crippen LogP contribution in [0.1, 0.15) is 5.76 Å². The lowest BCUT2D eigenvalue weighted by Crippen LogP contribution is -1.98. The van der Waals surface area contributed by atoms with Gasteiger partial charge in [-0.2, -0.15) is 10.1 Å². The second kappa shape index (κ2) is 7.80. The first-order valence-corrected chi connectivity index (χ1v) is 9.45. The lowest BCUT2D eigenvalue weighted by molar-refractivity contribution is -0.384. The van der Waals surface area contributed by atoms with Crippen LogP contribution in [0.5, 0.6) is 5.75 Å². The number of nitro groups is 1. The van der Waals surface area contributed by atoms with Crippen molar-refractivity contribution < 1.29 is 14.1 Å². The molecule has 0 spiro atoms. The highest BCUT2D eigenvalue weighted by Crippen LogP contribution is 2.34. The molecule has 0 amide bonds. The highest BCUT2D eigenvalue weighted by atomic mass is 16.6. The zero-order valence-electron chi connectivity index (χ0n) is 16.6. The number of anilines is 1. The molecule has 5 aromatic rings. The van der Waals surface area contributed by atoms with Gasteiger partial charge >= 0.3 is 0 Å². The summed E-state index contributed by atoms with van der Waals surface area (Å²) in [5.41, 5.74) is 5.31. The maximum absolute atomic E-state index is 11.1. The Labute approximate surface area is 179 Å². The summed E-state index contributed by atoms with van der Waals surface area (Å²) in [5, 5.41) is 24.4. The molecule has 0 saturated heterocycles. The van der Waals surface area contributed by atoms with Crippen molar-refractivity contribution in [3.8, 4) is 17.1 Å². The van der Waals surface area contributed by atoms with Crippen molar-refractivity contribution in [1.29, 1.82) is 0 Å². The smallest absolute Gasteiger partial charge is 0.270 e. The van der Waals surface area contributed by atoms with Crippen LogP contribution in [0.3, 0.4) is 0 Å². The van der Waals surface area contributed by atoms with Crippen molar-refractivity contribution in [3.05, 3.63) is 70.5 Å². The lowest BCUT2D eigenvalue weighted by atomic mass is 10.1. The van der Waals surface area contributed by atoms with Gasteiger partial charge in [0.15, 0.2) is 5.65 Å². The maximum atomic E-state index is 11.1. The molecule has 3 heterocycles. The summed E-state index contributed by atoms with van der Waals surface area (Å²) >= 11 is 0. The molecule has 0 aliphatic heterocycles. The van der Waals surface area contributed by atoms with Gasteiger partial charge in [-0.1, -0.05) is 18.2 Å². The minimum Gasteiger partial charge on any atom is -0.496 e. The summed E-state index contributed by atoms with van der Waals surface area (Å²) in [5.74, 6) is 1.50. The van der Waals surface area contributed by atoms with Gasteiger partial charge in [0.2, 0.25) is 0 Å². The van der Waals surface area contributed by atoms with E-state index in [4.69, 9.17) is 9.15 Å². The van der Waals surface area contributed by atoms with Crippen LogP contribution >= 0.6 is 0 Å². The molecular formula is C21H15N7O4. The molecule has 0 aliphatic rings. The van der Waals surface area contributed by atoms with E-state index >= 15 is 0 Å². The number of furan rings is 1. The number of aromatic amines is 1. The molecule has 5 rings (SSSR count). The average Bonchev–Trinajstić information content (AvgIpc) is 3.42. The number of methoxy groups -OCH3 is 1. The standard InChI is InChI=1S/C21H15N7O4/c1-31-17-8-6-12(28(29)30)10-15(17)18-9-7-13(32-18)11-22-26-21-24-20-19(25-27-21)14-4-2-3-5-16(14)23-20/h2-11H,1H3,(H2,23,24,26,27). The van der Waals surface area contributed by atoms with Crippen LogP contribution in [0.25, 0.3) is 33.4 Å². The molecule has 11 heteroatoms. The number of benzene rings is 2. The van der Waals surface area contributed by atoms with E-state index in [0.29, 0.717) is 34.0 Å². The molecule has 11 nitrogen and oxygen atoms in total. The van der Waals surface area contributed by atoms with Crippen molar-refractivity contribution in [3.63, 3.8) is 0 Å². The normalized spacial score (nSPS) is 11.4. The number of hydrazone groups is 1. The van der Waals surface area contributed by atoms with Gasteiger partial charge in [-0.15, -0.1) is 10.2 Å². The Morgan fingerprint density at radius 2 is 2.06 bits per heavy atom. The summed E-state index contributed by atoms with van der Waals surface area (Å²) in [6.45, 7) is 0. The topological polar surface area (TPSA) is 144 Å². The average molecular weight is 429 g/mol. The Balaban J connectivity index is 1.36. The van der Waals surface area contributed by atoms with Gasteiger partial charge in [-0.25, -0.2) is 5.43 Å². The van der Waals surface area contributed by atoms with Gasteiger partial charge in [-0.3, -0.25) is 10.1 Å². The van der Waals surface area contributed by atoms with Gasteiger partial charge < -0.3 is 14.1 Å². The van der Waals surface area contributed by atoms with Gasteiger partial charge in [-0.05, 0) is 24.3 Å². The van der Waals surface area contributed by atoms with Crippen LogP contribution < -0.4 is 10.2 Å². The predicted octanol–water partition coefficient (Wildman–Crippen LogP) is 4.13. The number of non-ortho nitro benzene ring substituents is 1. The largest absolute Gasteiger partial charge is 0.496 e. The number of nitro benzene ring substituents is 1. The number of para-hydroxylation sites is 1. The molecule has 0 unspecified atom stereocenters. The van der Waals surface area contributed by atoms with Crippen LogP contribution in [-0.2, 0) is 0 Å². The first-order valence-electron chi connectivity index (χ1n) is 9.45. The number of aromatic nitrogens is 4. The van der Waals surface area contributed by atoms with E-state index in [1.165, 1.54) is 31.5 Å². The monoisotopic (exact) mass is 429 g/mol. The third-order valence-corrected chi connectivity index (χ3v) is 4.76. The number of rotatable bonds is 6. The minimum absolute atomic E-state index is 0.0638. The molecule has 32 heavy (non-hydrogen) atoms. The SMILES string of the molecule is COc1ccc([N+](=O)[O-])cc1-c1ccc(C=NNc2nnc3c(n2)[nH]c2ccccc23)o1. The molecule has 0 saturated carbocycles. The quantitative estimate of drug-likeness (QED) is 0.233. The number of fused-ring (bicyclic) bond motifs is 3. The molecule has 0 bridgehead atoms. The van der Waals surface area contributed by atoms with Crippen molar-refractivity contribution >= 4 is 39.9 Å². The molecule has 3 aromatic heterocycles. The van der Waals surface area contributed by atoms with E-state index < -0.39 is 4.92 Å². The number of H-pyrrole nitrogens is 1. The Morgan fingerprint density at radius 1 is 1.19 bits per heavy atom. The summed E-state index contributed by atoms with van der Waals surface area (Å²) in [7, 11) is 1.48. The van der Waals surface area contributed by atoms with E-state index in [2.05, 4.69) is 30.7 Å². The fourth-order valence-electron chi connectivity index (χ4n) is 3.29. The molecular weight excluding hydrogens is 414 g/mol. The number of nitrogens with zero attached hydrogens (tertiary/aromatic N) is 5. The number of nitrogens with one attached hydrogen (secondary N) is 2. The van der Waals surface area contributed by atoms with Gasteiger partial charge in [0.1, 0.15) is 22.8 Å². The van der Waals surface area contributed by atoms with E-state index in [-0.39, 0.29) is 11.6 Å². The Kier molecular flexibility index (Phi) is 4.67. The van der Waals surface area contributed by atoms with Crippen molar-refractivity contribution in [2.75, 3.05) is 12.5 Å². The van der Waals surface area contributed by atoms with Gasteiger partial charge in [0, 0.05) is 23.0 Å². The number of hydrogen-bond acceptors (Lipinski definition) is 9. The summed E-state index contributed by atoms with van der Waals surface area (Å²) in [6, 6.07) is 15.4. The molecule has 0 aliphatic carbocycles. The van der Waals surface area contributed by atoms with Gasteiger partial charge in [0.25, 0.3) is 11.6 Å². The first kappa shape index (κ1) is 19.2. The Hall–Kier alpha value is -4.80. The van der Waals surface area contributed by atoms with Crippen LogP contribution in [0.2, 0.25) is 0 Å². The highest BCUT2D eigenvalue weighted by Gasteiger charge is 2.15. The predicted molar refractivity (Wildman–Crippen MR) is 118 cm³/mol. The second-order valence-corrected chi connectivity index (χ2v) is 6.72. The fourth-order valence-corrected chi connectivity index (χ4v) is 3.29. The molecule has 0 fully saturated rings. The summed E-state index contributed by atoms with van der Waals surface area (Å²) in [6.07, 6.45) is 1.44. The third kappa shape index (κ3) is 3.47. The molecule has 2 N–H and O–H groups in total. The van der Waals surface area contributed by atoms with Crippen molar-refractivity contribution in [2.24, 2.45) is 5.10 Å². The maximum Gasteiger partial charge on any atom is 0.270 e. The van der Waals surface area contributed by atoms with E-state index in [1.807, 2.05) is 24.3 Å². The van der Waals surface area contributed by atoms with Crippen LogP contribution in [0.15, 0.2) is 64.1 Å². The van der Waals surface area contributed by atoms with Crippen molar-refractivity contribution in [1.82, 2.24) is 20.2 Å². The zero-order valence-corrected chi connectivity index (χ0v) is 16.6. The van der Waals surface area contributed by atoms with Gasteiger partial charge in [0.05, 0.1) is 23.8 Å². The first-order chi connectivity index (χ1) is 15.6. The second-order valence-electron chi connectivity index (χ2n) is 6.72. The Bertz CT molecular complexity index is 1490. The Morgan fingerprint density at radius 3 is 2.91 bits per heavy atom. The number of hydrogen-bond donors (Lipinski definition) is 2. The minimum atomic E-state index is -0.476. The molecule has 158 valence electrons. The van der Waals surface area contributed by atoms with Crippen LogP contribution in [0.4, 0.5) is 11.6 Å². The fraction of sp³-hybridized carbons (Fsp3) is 0.0476. The van der Waals surface area contributed by atoms with Crippen LogP contribution in [0, 0.1) is 10.1 Å². The van der Waals surface area contributed by atoms with E-state index in [0.717, 1.165) is 10.9 Å². The molecule has 0 atom stereocenters. The van der Waals surface area contributed by atoms with E-state index in [1.54, 1.807) is 12.1 Å². The third-order valence-electron chi connectivity index (χ3n) is 4.76. The highest BCUT2D eigenvalue weighted by molar-refractivity contribution is 6.03. The number of ether oxygens (including phenoxy) is 1. The molecule has 0 radical (unpaired) electrons.